The van der Waals surface area contributed by atoms with E-state index < -0.39 is 0 Å². The van der Waals surface area contributed by atoms with Gasteiger partial charge in [-0.25, -0.2) is 0 Å². The van der Waals surface area contributed by atoms with Gasteiger partial charge in [0, 0.05) is 16.6 Å². The minimum absolute atomic E-state index is 0.0905. The normalized spacial score (nSPS) is 12.3. The van der Waals surface area contributed by atoms with Crippen LogP contribution in [0, 0.1) is 0 Å². The minimum Gasteiger partial charge on any atom is -0.454 e. The Morgan fingerprint density at radius 2 is 1.65 bits per heavy atom. The van der Waals surface area contributed by atoms with Crippen molar-refractivity contribution < 1.29 is 4.74 Å². The maximum Gasteiger partial charge on any atom is 0.147 e. The number of hydrogen-bond donors (Lipinski definition) is 1. The second-order valence-corrected chi connectivity index (χ2v) is 6.35. The quantitative estimate of drug-likeness (QED) is 0.626. The lowest BCUT2D eigenvalue weighted by Crippen LogP contribution is -2.04. The van der Waals surface area contributed by atoms with Crippen LogP contribution < -0.4 is 10.5 Å². The molecule has 2 nitrogen and oxygen atoms in total. The molecule has 2 rings (SSSR count). The Kier molecular flexibility index (Phi) is 5.21. The van der Waals surface area contributed by atoms with Gasteiger partial charge in [0.1, 0.15) is 11.5 Å². The maximum absolute atomic E-state index is 6.18. The molecule has 6 heteroatoms. The van der Waals surface area contributed by atoms with Gasteiger partial charge in [-0.2, -0.15) is 0 Å². The van der Waals surface area contributed by atoms with E-state index in [4.69, 9.17) is 45.3 Å². The number of ether oxygens (including phenoxy) is 1. The summed E-state index contributed by atoms with van der Waals surface area (Å²) in [5.41, 5.74) is 6.74. The predicted octanol–water partition coefficient (Wildman–Crippen LogP) is 6.22. The molecular weight excluding hydrogens is 384 g/mol. The van der Waals surface area contributed by atoms with Crippen LogP contribution in [0.5, 0.6) is 11.5 Å². The molecule has 0 unspecified atom stereocenters. The molecule has 2 aromatic carbocycles. The van der Waals surface area contributed by atoms with Gasteiger partial charge in [0.2, 0.25) is 0 Å². The summed E-state index contributed by atoms with van der Waals surface area (Å²) in [6.45, 7) is 1.89. The Bertz CT molecular complexity index is 647. The van der Waals surface area contributed by atoms with E-state index in [1.54, 1.807) is 24.3 Å². The molecule has 2 N–H and O–H groups in total. The molecule has 0 saturated heterocycles. The summed E-state index contributed by atoms with van der Waals surface area (Å²) in [5, 5.41) is 1.41. The van der Waals surface area contributed by atoms with Crippen molar-refractivity contribution in [3.63, 3.8) is 0 Å². The monoisotopic (exact) mass is 393 g/mol. The first-order valence-electron chi connectivity index (χ1n) is 5.76. The van der Waals surface area contributed by atoms with Crippen LogP contribution in [0.2, 0.25) is 15.1 Å². The van der Waals surface area contributed by atoms with Crippen LogP contribution in [-0.2, 0) is 0 Å². The van der Waals surface area contributed by atoms with E-state index >= 15 is 0 Å². The molecule has 0 aromatic heterocycles. The van der Waals surface area contributed by atoms with E-state index in [1.165, 1.54) is 0 Å². The fourth-order valence-electron chi connectivity index (χ4n) is 1.58. The van der Waals surface area contributed by atoms with E-state index in [2.05, 4.69) is 15.9 Å². The zero-order valence-electron chi connectivity index (χ0n) is 10.5. The van der Waals surface area contributed by atoms with E-state index in [0.29, 0.717) is 31.0 Å². The van der Waals surface area contributed by atoms with Gasteiger partial charge >= 0.3 is 0 Å². The topological polar surface area (TPSA) is 35.2 Å². The van der Waals surface area contributed by atoms with E-state index in [9.17, 15) is 0 Å². The number of hydrogen-bond acceptors (Lipinski definition) is 2. The molecule has 0 aliphatic carbocycles. The first-order valence-corrected chi connectivity index (χ1v) is 7.68. The third-order valence-corrected chi connectivity index (χ3v) is 4.46. The van der Waals surface area contributed by atoms with Crippen LogP contribution in [-0.4, -0.2) is 0 Å². The van der Waals surface area contributed by atoms with E-state index in [0.717, 1.165) is 5.56 Å². The van der Waals surface area contributed by atoms with E-state index in [-0.39, 0.29) is 6.04 Å². The van der Waals surface area contributed by atoms with Gasteiger partial charge in [-0.3, -0.25) is 0 Å². The molecule has 0 radical (unpaired) electrons. The smallest absolute Gasteiger partial charge is 0.147 e. The van der Waals surface area contributed by atoms with Crippen LogP contribution in [0.3, 0.4) is 0 Å². The highest BCUT2D eigenvalue weighted by Crippen LogP contribution is 2.38. The summed E-state index contributed by atoms with van der Waals surface area (Å²) in [5.74, 6) is 0.937. The van der Waals surface area contributed by atoms with Crippen LogP contribution in [0.4, 0.5) is 0 Å². The molecule has 2 aromatic rings. The van der Waals surface area contributed by atoms with Gasteiger partial charge < -0.3 is 10.5 Å². The number of nitrogens with two attached hydrogens (primary N) is 1. The minimum atomic E-state index is -0.0905. The average Bonchev–Trinajstić information content (AvgIpc) is 2.37. The largest absolute Gasteiger partial charge is 0.454 e. The summed E-state index contributed by atoms with van der Waals surface area (Å²) in [6, 6.07) is 8.60. The molecule has 1 atom stereocenters. The van der Waals surface area contributed by atoms with Crippen molar-refractivity contribution in [3.8, 4) is 11.5 Å². The van der Waals surface area contributed by atoms with Crippen molar-refractivity contribution >= 4 is 50.7 Å². The number of rotatable bonds is 3. The van der Waals surface area contributed by atoms with Gasteiger partial charge in [-0.05, 0) is 46.6 Å². The Labute approximate surface area is 140 Å². The zero-order valence-corrected chi connectivity index (χ0v) is 14.3. The summed E-state index contributed by atoms with van der Waals surface area (Å²) in [6.07, 6.45) is 0. The molecule has 0 heterocycles. The molecule has 0 amide bonds. The van der Waals surface area contributed by atoms with Crippen molar-refractivity contribution in [1.82, 2.24) is 0 Å². The Balaban J connectivity index is 2.33. The van der Waals surface area contributed by atoms with Crippen molar-refractivity contribution in [1.29, 1.82) is 0 Å². The standard InChI is InChI=1S/C14H11BrCl3NO/c1-7(19)8-2-3-13(11(17)4-8)20-14-6-10(16)9(15)5-12(14)18/h2-7H,19H2,1H3/t7-/m0/s1. The van der Waals surface area contributed by atoms with Gasteiger partial charge in [-0.15, -0.1) is 0 Å². The molecule has 0 bridgehead atoms. The highest BCUT2D eigenvalue weighted by Gasteiger charge is 2.11. The molecule has 0 fully saturated rings. The SMILES string of the molecule is C[C@H](N)c1ccc(Oc2cc(Cl)c(Br)cc2Cl)c(Cl)c1. The first-order chi connectivity index (χ1) is 9.38. The lowest BCUT2D eigenvalue weighted by Gasteiger charge is -2.12. The molecule has 0 saturated carbocycles. The number of halogens is 4. The summed E-state index contributed by atoms with van der Waals surface area (Å²) >= 11 is 21.6. The van der Waals surface area contributed by atoms with Gasteiger partial charge in [-0.1, -0.05) is 40.9 Å². The van der Waals surface area contributed by atoms with Crippen LogP contribution in [0.1, 0.15) is 18.5 Å². The van der Waals surface area contributed by atoms with Crippen molar-refractivity contribution in [2.24, 2.45) is 5.73 Å². The molecular formula is C14H11BrCl3NO. The Morgan fingerprint density at radius 1 is 1.00 bits per heavy atom. The average molecular weight is 396 g/mol. The van der Waals surface area contributed by atoms with Gasteiger partial charge in [0.25, 0.3) is 0 Å². The summed E-state index contributed by atoms with van der Waals surface area (Å²) < 4.78 is 6.40. The second kappa shape index (κ2) is 6.54. The van der Waals surface area contributed by atoms with E-state index in [1.807, 2.05) is 13.0 Å². The van der Waals surface area contributed by atoms with Crippen molar-refractivity contribution in [2.45, 2.75) is 13.0 Å². The lowest BCUT2D eigenvalue weighted by molar-refractivity contribution is 0.482. The van der Waals surface area contributed by atoms with Gasteiger partial charge in [0.05, 0.1) is 15.1 Å². The summed E-state index contributed by atoms with van der Waals surface area (Å²) in [4.78, 5) is 0. The molecule has 0 aliphatic heterocycles. The predicted molar refractivity (Wildman–Crippen MR) is 88.3 cm³/mol. The zero-order chi connectivity index (χ0) is 14.9. The molecule has 0 spiro atoms. The molecule has 20 heavy (non-hydrogen) atoms. The van der Waals surface area contributed by atoms with Crippen LogP contribution >= 0.6 is 50.7 Å². The third kappa shape index (κ3) is 3.60. The van der Waals surface area contributed by atoms with Crippen LogP contribution in [0.15, 0.2) is 34.8 Å². The highest BCUT2D eigenvalue weighted by atomic mass is 79.9. The van der Waals surface area contributed by atoms with Gasteiger partial charge in [0.15, 0.2) is 0 Å². The number of benzene rings is 2. The second-order valence-electron chi connectivity index (χ2n) is 4.28. The van der Waals surface area contributed by atoms with Crippen molar-refractivity contribution in [2.75, 3.05) is 0 Å². The van der Waals surface area contributed by atoms with Crippen molar-refractivity contribution in [3.05, 3.63) is 55.4 Å². The fraction of sp³-hybridized carbons (Fsp3) is 0.143. The molecule has 106 valence electrons. The maximum atomic E-state index is 6.18. The third-order valence-electron chi connectivity index (χ3n) is 2.68. The first kappa shape index (κ1) is 15.9. The summed E-state index contributed by atoms with van der Waals surface area (Å²) in [7, 11) is 0. The Hall–Kier alpha value is -0.450. The molecule has 0 aliphatic rings. The fourth-order valence-corrected chi connectivity index (χ4v) is 2.64. The lowest BCUT2D eigenvalue weighted by atomic mass is 10.1. The Morgan fingerprint density at radius 3 is 2.25 bits per heavy atom. The highest BCUT2D eigenvalue weighted by molar-refractivity contribution is 9.10. The van der Waals surface area contributed by atoms with Crippen LogP contribution in [0.25, 0.3) is 0 Å².